The van der Waals surface area contributed by atoms with E-state index >= 15 is 0 Å². The summed E-state index contributed by atoms with van der Waals surface area (Å²) < 4.78 is 5.76. The lowest BCUT2D eigenvalue weighted by atomic mass is 9.95. The average Bonchev–Trinajstić information content (AvgIpc) is 2.16. The lowest BCUT2D eigenvalue weighted by Crippen LogP contribution is -2.41. The number of ether oxygens (including phenoxy) is 1. The van der Waals surface area contributed by atoms with Gasteiger partial charge in [-0.2, -0.15) is 0 Å². The van der Waals surface area contributed by atoms with Gasteiger partial charge < -0.3 is 9.64 Å². The van der Waals surface area contributed by atoms with E-state index in [-0.39, 0.29) is 5.60 Å². The van der Waals surface area contributed by atoms with E-state index in [4.69, 9.17) is 4.74 Å². The summed E-state index contributed by atoms with van der Waals surface area (Å²) in [5.74, 6) is 0.875. The molecule has 0 spiro atoms. The van der Waals surface area contributed by atoms with Gasteiger partial charge in [0, 0.05) is 25.7 Å². The molecule has 0 aromatic heterocycles. The van der Waals surface area contributed by atoms with E-state index in [0.29, 0.717) is 0 Å². The first-order valence-corrected chi connectivity index (χ1v) is 6.76. The van der Waals surface area contributed by atoms with E-state index in [1.165, 1.54) is 25.9 Å². The molecular formula is C14H29NO. The van der Waals surface area contributed by atoms with Crippen LogP contribution in [0.15, 0.2) is 0 Å². The number of piperidine rings is 1. The van der Waals surface area contributed by atoms with Gasteiger partial charge in [0.25, 0.3) is 0 Å². The minimum Gasteiger partial charge on any atom is -0.376 e. The van der Waals surface area contributed by atoms with Crippen LogP contribution < -0.4 is 0 Å². The van der Waals surface area contributed by atoms with Crippen LogP contribution in [0.1, 0.15) is 53.9 Å². The molecule has 1 aliphatic rings. The lowest BCUT2D eigenvalue weighted by molar-refractivity contribution is -0.00994. The summed E-state index contributed by atoms with van der Waals surface area (Å²) in [7, 11) is 0. The number of rotatable bonds is 4. The van der Waals surface area contributed by atoms with E-state index in [2.05, 4.69) is 39.5 Å². The molecule has 0 bridgehead atoms. The highest BCUT2D eigenvalue weighted by Crippen LogP contribution is 2.21. The van der Waals surface area contributed by atoms with Crippen LogP contribution in [-0.2, 0) is 4.74 Å². The van der Waals surface area contributed by atoms with Crippen molar-refractivity contribution in [3.63, 3.8) is 0 Å². The standard InChI is InChI=1S/C14H29NO/c1-12-7-8-13(2)15(11-12)9-6-10-16-14(3,4)5/h12-13H,6-11H2,1-5H3. The van der Waals surface area contributed by atoms with E-state index in [1.54, 1.807) is 0 Å². The predicted octanol–water partition coefficient (Wildman–Crippen LogP) is 3.31. The van der Waals surface area contributed by atoms with Crippen LogP contribution in [0.2, 0.25) is 0 Å². The summed E-state index contributed by atoms with van der Waals surface area (Å²) in [5.41, 5.74) is 0.0147. The smallest absolute Gasteiger partial charge is 0.0598 e. The molecule has 1 saturated heterocycles. The molecule has 2 unspecified atom stereocenters. The van der Waals surface area contributed by atoms with Crippen molar-refractivity contribution in [2.45, 2.75) is 65.5 Å². The summed E-state index contributed by atoms with van der Waals surface area (Å²) in [4.78, 5) is 2.63. The monoisotopic (exact) mass is 227 g/mol. The Bertz CT molecular complexity index is 197. The van der Waals surface area contributed by atoms with Crippen molar-refractivity contribution in [2.75, 3.05) is 19.7 Å². The van der Waals surface area contributed by atoms with Gasteiger partial charge in [0.1, 0.15) is 0 Å². The van der Waals surface area contributed by atoms with Gasteiger partial charge in [-0.05, 0) is 52.9 Å². The van der Waals surface area contributed by atoms with Crippen molar-refractivity contribution in [3.8, 4) is 0 Å². The molecule has 1 heterocycles. The summed E-state index contributed by atoms with van der Waals surface area (Å²) >= 11 is 0. The van der Waals surface area contributed by atoms with Crippen LogP contribution in [-0.4, -0.2) is 36.2 Å². The van der Waals surface area contributed by atoms with Gasteiger partial charge in [-0.15, -0.1) is 0 Å². The zero-order valence-corrected chi connectivity index (χ0v) is 11.8. The van der Waals surface area contributed by atoms with Crippen LogP contribution >= 0.6 is 0 Å². The molecule has 1 aliphatic heterocycles. The van der Waals surface area contributed by atoms with Crippen molar-refractivity contribution >= 4 is 0 Å². The van der Waals surface area contributed by atoms with Gasteiger partial charge in [0.05, 0.1) is 5.60 Å². The second-order valence-corrected chi connectivity index (χ2v) is 6.34. The van der Waals surface area contributed by atoms with E-state index in [9.17, 15) is 0 Å². The van der Waals surface area contributed by atoms with Crippen LogP contribution in [0, 0.1) is 5.92 Å². The van der Waals surface area contributed by atoms with Crippen molar-refractivity contribution in [2.24, 2.45) is 5.92 Å². The molecule has 0 radical (unpaired) electrons. The molecule has 1 fully saturated rings. The number of likely N-dealkylation sites (tertiary alicyclic amines) is 1. The van der Waals surface area contributed by atoms with Crippen molar-refractivity contribution in [1.29, 1.82) is 0 Å². The van der Waals surface area contributed by atoms with Crippen LogP contribution in [0.25, 0.3) is 0 Å². The predicted molar refractivity (Wildman–Crippen MR) is 69.8 cm³/mol. The van der Waals surface area contributed by atoms with Gasteiger partial charge >= 0.3 is 0 Å². The maximum atomic E-state index is 5.76. The molecule has 2 heteroatoms. The molecule has 16 heavy (non-hydrogen) atoms. The Balaban J connectivity index is 2.16. The normalized spacial score (nSPS) is 28.3. The molecule has 1 rings (SSSR count). The van der Waals surface area contributed by atoms with Gasteiger partial charge in [0.2, 0.25) is 0 Å². The molecule has 0 saturated carbocycles. The zero-order valence-electron chi connectivity index (χ0n) is 11.8. The van der Waals surface area contributed by atoms with Gasteiger partial charge in [-0.25, -0.2) is 0 Å². The van der Waals surface area contributed by atoms with Crippen LogP contribution in [0.3, 0.4) is 0 Å². The molecule has 0 aromatic rings. The summed E-state index contributed by atoms with van der Waals surface area (Å²) in [6.45, 7) is 14.5. The molecule has 96 valence electrons. The quantitative estimate of drug-likeness (QED) is 0.683. The van der Waals surface area contributed by atoms with E-state index in [1.807, 2.05) is 0 Å². The van der Waals surface area contributed by atoms with Crippen molar-refractivity contribution in [3.05, 3.63) is 0 Å². The minimum absolute atomic E-state index is 0.0147. The van der Waals surface area contributed by atoms with Crippen molar-refractivity contribution < 1.29 is 4.74 Å². The highest BCUT2D eigenvalue weighted by molar-refractivity contribution is 4.76. The Kier molecular flexibility index (Phi) is 5.26. The summed E-state index contributed by atoms with van der Waals surface area (Å²) in [6.07, 6.45) is 3.92. The van der Waals surface area contributed by atoms with Crippen LogP contribution in [0.5, 0.6) is 0 Å². The Morgan fingerprint density at radius 3 is 2.50 bits per heavy atom. The minimum atomic E-state index is 0.0147. The number of hydrogen-bond donors (Lipinski definition) is 0. The van der Waals surface area contributed by atoms with Gasteiger partial charge in [-0.1, -0.05) is 6.92 Å². The topological polar surface area (TPSA) is 12.5 Å². The fraction of sp³-hybridized carbons (Fsp3) is 1.00. The molecule has 0 N–H and O–H groups in total. The number of nitrogens with zero attached hydrogens (tertiary/aromatic N) is 1. The SMILES string of the molecule is CC1CCC(C)N(CCCOC(C)(C)C)C1. The molecule has 0 aromatic carbocycles. The van der Waals surface area contributed by atoms with Gasteiger partial charge in [-0.3, -0.25) is 0 Å². The molecule has 0 amide bonds. The van der Waals surface area contributed by atoms with Gasteiger partial charge in [0.15, 0.2) is 0 Å². The van der Waals surface area contributed by atoms with Crippen LogP contribution in [0.4, 0.5) is 0 Å². The van der Waals surface area contributed by atoms with E-state index < -0.39 is 0 Å². The van der Waals surface area contributed by atoms with Crippen molar-refractivity contribution in [1.82, 2.24) is 4.90 Å². The summed E-state index contributed by atoms with van der Waals surface area (Å²) in [5, 5.41) is 0. The first-order chi connectivity index (χ1) is 7.38. The molecule has 0 aliphatic carbocycles. The Morgan fingerprint density at radius 2 is 1.88 bits per heavy atom. The third-order valence-electron chi connectivity index (χ3n) is 3.37. The highest BCUT2D eigenvalue weighted by atomic mass is 16.5. The molecular weight excluding hydrogens is 198 g/mol. The Hall–Kier alpha value is -0.0800. The third-order valence-corrected chi connectivity index (χ3v) is 3.37. The fourth-order valence-electron chi connectivity index (χ4n) is 2.34. The summed E-state index contributed by atoms with van der Waals surface area (Å²) in [6, 6.07) is 0.769. The maximum absolute atomic E-state index is 5.76. The Labute approximate surface area is 101 Å². The second-order valence-electron chi connectivity index (χ2n) is 6.34. The maximum Gasteiger partial charge on any atom is 0.0598 e. The fourth-order valence-corrected chi connectivity index (χ4v) is 2.34. The average molecular weight is 227 g/mol. The number of hydrogen-bond acceptors (Lipinski definition) is 2. The Morgan fingerprint density at radius 1 is 1.19 bits per heavy atom. The van der Waals surface area contributed by atoms with E-state index in [0.717, 1.165) is 25.0 Å². The second kappa shape index (κ2) is 6.02. The zero-order chi connectivity index (χ0) is 12.2. The first-order valence-electron chi connectivity index (χ1n) is 6.76. The first kappa shape index (κ1) is 14.0. The highest BCUT2D eigenvalue weighted by Gasteiger charge is 2.22. The lowest BCUT2D eigenvalue weighted by Gasteiger charge is -2.36. The molecule has 2 atom stereocenters. The third kappa shape index (κ3) is 5.31. The molecule has 2 nitrogen and oxygen atoms in total. The largest absolute Gasteiger partial charge is 0.376 e.